The number of methoxy groups -OCH3 is 1. The number of benzene rings is 1. The van der Waals surface area contributed by atoms with E-state index in [1.165, 1.54) is 7.11 Å². The number of carbonyl (C=O) groups excluding carboxylic acids is 2. The molecule has 162 valence electrons. The molecule has 9 heteroatoms. The summed E-state index contributed by atoms with van der Waals surface area (Å²) in [7, 11) is 1.25. The van der Waals surface area contributed by atoms with Gasteiger partial charge >= 0.3 is 5.97 Å². The van der Waals surface area contributed by atoms with Crippen molar-refractivity contribution in [3.8, 4) is 0 Å². The molecule has 4 rings (SSSR count). The highest BCUT2D eigenvalue weighted by molar-refractivity contribution is 5.82. The molecule has 2 aromatic rings. The Labute approximate surface area is 179 Å². The number of anilines is 1. The largest absolute Gasteiger partial charge is 0.469 e. The summed E-state index contributed by atoms with van der Waals surface area (Å²) in [4.78, 5) is 34.8. The predicted molar refractivity (Wildman–Crippen MR) is 112 cm³/mol. The Balaban J connectivity index is 1.40. The van der Waals surface area contributed by atoms with Crippen LogP contribution in [-0.2, 0) is 20.7 Å². The fraction of sp³-hybridized carbons (Fsp3) is 0.409. The van der Waals surface area contributed by atoms with E-state index in [2.05, 4.69) is 19.8 Å². The van der Waals surface area contributed by atoms with E-state index in [9.17, 15) is 14.0 Å². The molecule has 31 heavy (non-hydrogen) atoms. The molecule has 2 aliphatic heterocycles. The second kappa shape index (κ2) is 9.20. The number of carbonyl (C=O) groups is 2. The molecule has 0 bridgehead atoms. The summed E-state index contributed by atoms with van der Waals surface area (Å²) >= 11 is 0. The number of hydrazone groups is 1. The minimum Gasteiger partial charge on any atom is -0.469 e. The summed E-state index contributed by atoms with van der Waals surface area (Å²) < 4.78 is 18.5. The molecule has 1 amide bonds. The van der Waals surface area contributed by atoms with Crippen LogP contribution in [0.4, 0.5) is 10.3 Å². The first-order valence-electron chi connectivity index (χ1n) is 10.3. The molecule has 0 unspecified atom stereocenters. The fourth-order valence-corrected chi connectivity index (χ4v) is 3.97. The molecule has 1 aromatic heterocycles. The first-order chi connectivity index (χ1) is 15.1. The molecule has 1 fully saturated rings. The monoisotopic (exact) mass is 425 g/mol. The van der Waals surface area contributed by atoms with Crippen molar-refractivity contribution < 1.29 is 18.7 Å². The lowest BCUT2D eigenvalue weighted by Crippen LogP contribution is -2.41. The van der Waals surface area contributed by atoms with Crippen LogP contribution < -0.4 is 4.90 Å². The lowest BCUT2D eigenvalue weighted by Gasteiger charge is -2.33. The fourth-order valence-electron chi connectivity index (χ4n) is 3.97. The van der Waals surface area contributed by atoms with Crippen molar-refractivity contribution >= 4 is 24.0 Å². The maximum Gasteiger partial charge on any atom is 0.311 e. The number of nitrogens with zero attached hydrogens (tertiary/aromatic N) is 5. The van der Waals surface area contributed by atoms with E-state index < -0.39 is 11.8 Å². The van der Waals surface area contributed by atoms with Crippen LogP contribution in [0.25, 0.3) is 0 Å². The van der Waals surface area contributed by atoms with Crippen molar-refractivity contribution in [2.24, 2.45) is 11.0 Å². The average Bonchev–Trinajstić information content (AvgIpc) is 3.30. The van der Waals surface area contributed by atoms with Gasteiger partial charge in [-0.1, -0.05) is 30.3 Å². The number of hydrogen-bond acceptors (Lipinski definition) is 7. The van der Waals surface area contributed by atoms with E-state index in [-0.39, 0.29) is 30.0 Å². The molecule has 0 saturated carbocycles. The smallest absolute Gasteiger partial charge is 0.311 e. The highest BCUT2D eigenvalue weighted by Gasteiger charge is 2.35. The molecule has 0 aliphatic carbocycles. The molecule has 1 atom stereocenters. The molecule has 3 heterocycles. The van der Waals surface area contributed by atoms with Gasteiger partial charge in [0.15, 0.2) is 5.82 Å². The van der Waals surface area contributed by atoms with Gasteiger partial charge in [0.2, 0.25) is 11.9 Å². The van der Waals surface area contributed by atoms with Crippen molar-refractivity contribution in [2.75, 3.05) is 25.1 Å². The summed E-state index contributed by atoms with van der Waals surface area (Å²) in [5, 5.41) is 5.95. The van der Waals surface area contributed by atoms with Crippen molar-refractivity contribution in [2.45, 2.75) is 31.7 Å². The molecule has 8 nitrogen and oxygen atoms in total. The SMILES string of the molecule is COC(=O)Cc1nc(N2CCC(C(=O)N3N=CC[C@H]3c3ccccc3)CC2)ncc1F. The Morgan fingerprint density at radius 2 is 1.94 bits per heavy atom. The summed E-state index contributed by atoms with van der Waals surface area (Å²) in [6.45, 7) is 1.13. The van der Waals surface area contributed by atoms with Crippen LogP contribution in [0.15, 0.2) is 41.6 Å². The van der Waals surface area contributed by atoms with E-state index in [0.717, 1.165) is 11.8 Å². The lowest BCUT2D eigenvalue weighted by atomic mass is 9.94. The second-order valence-electron chi connectivity index (χ2n) is 7.62. The van der Waals surface area contributed by atoms with Gasteiger partial charge < -0.3 is 9.64 Å². The van der Waals surface area contributed by atoms with Crippen LogP contribution in [0.2, 0.25) is 0 Å². The van der Waals surface area contributed by atoms with Crippen molar-refractivity contribution in [3.63, 3.8) is 0 Å². The highest BCUT2D eigenvalue weighted by Crippen LogP contribution is 2.32. The Kier molecular flexibility index (Phi) is 6.20. The van der Waals surface area contributed by atoms with Crippen LogP contribution in [0, 0.1) is 11.7 Å². The zero-order valence-electron chi connectivity index (χ0n) is 17.3. The molecule has 0 N–H and O–H groups in total. The van der Waals surface area contributed by atoms with Crippen LogP contribution in [-0.4, -0.2) is 53.3 Å². The van der Waals surface area contributed by atoms with Gasteiger partial charge in [0, 0.05) is 31.6 Å². The Bertz CT molecular complexity index is 976. The van der Waals surface area contributed by atoms with Crippen LogP contribution >= 0.6 is 0 Å². The zero-order valence-corrected chi connectivity index (χ0v) is 17.3. The molecule has 0 spiro atoms. The van der Waals surface area contributed by atoms with Crippen LogP contribution in [0.5, 0.6) is 0 Å². The van der Waals surface area contributed by atoms with E-state index >= 15 is 0 Å². The summed E-state index contributed by atoms with van der Waals surface area (Å²) in [6, 6.07) is 9.85. The summed E-state index contributed by atoms with van der Waals surface area (Å²) in [5.74, 6) is -0.973. The number of rotatable bonds is 5. The first-order valence-corrected chi connectivity index (χ1v) is 10.3. The molecular weight excluding hydrogens is 401 g/mol. The minimum absolute atomic E-state index is 0.00663. The molecule has 0 radical (unpaired) electrons. The molecule has 1 saturated heterocycles. The Morgan fingerprint density at radius 1 is 1.19 bits per heavy atom. The van der Waals surface area contributed by atoms with Gasteiger partial charge in [-0.25, -0.2) is 19.4 Å². The molecule has 2 aliphatic rings. The molecular formula is C22H24FN5O3. The number of amides is 1. The minimum atomic E-state index is -0.641. The lowest BCUT2D eigenvalue weighted by molar-refractivity contribution is -0.140. The van der Waals surface area contributed by atoms with Gasteiger partial charge in [-0.2, -0.15) is 5.10 Å². The summed E-state index contributed by atoms with van der Waals surface area (Å²) in [6.07, 6.45) is 4.57. The average molecular weight is 425 g/mol. The third kappa shape index (κ3) is 4.55. The Hall–Kier alpha value is -3.36. The second-order valence-corrected chi connectivity index (χ2v) is 7.62. The van der Waals surface area contributed by atoms with Crippen molar-refractivity contribution in [1.82, 2.24) is 15.0 Å². The van der Waals surface area contributed by atoms with Gasteiger partial charge in [-0.15, -0.1) is 0 Å². The number of halogens is 1. The van der Waals surface area contributed by atoms with Gasteiger partial charge in [0.25, 0.3) is 0 Å². The quantitative estimate of drug-likeness (QED) is 0.684. The van der Waals surface area contributed by atoms with E-state index in [0.29, 0.717) is 38.3 Å². The first kappa shape index (κ1) is 20.9. The standard InChI is InChI=1S/C22H24FN5O3/c1-31-20(29)13-18-17(23)14-24-22(26-18)27-11-8-16(9-12-27)21(30)28-19(7-10-25-28)15-5-3-2-4-6-15/h2-6,10,14,16,19H,7-9,11-13H2,1H3/t19-/m0/s1. The number of aromatic nitrogens is 2. The van der Waals surface area contributed by atoms with Gasteiger partial charge in [-0.3, -0.25) is 9.59 Å². The van der Waals surface area contributed by atoms with Crippen LogP contribution in [0.3, 0.4) is 0 Å². The maximum absolute atomic E-state index is 13.9. The van der Waals surface area contributed by atoms with Crippen molar-refractivity contribution in [1.29, 1.82) is 0 Å². The highest BCUT2D eigenvalue weighted by atomic mass is 19.1. The number of piperidine rings is 1. The third-order valence-electron chi connectivity index (χ3n) is 5.71. The summed E-state index contributed by atoms with van der Waals surface area (Å²) in [5.41, 5.74) is 1.08. The number of esters is 1. The predicted octanol–water partition coefficient (Wildman–Crippen LogP) is 2.51. The normalized spacial score (nSPS) is 19.0. The number of ether oxygens (including phenoxy) is 1. The van der Waals surface area contributed by atoms with Gasteiger partial charge in [0.1, 0.15) is 0 Å². The molecule has 1 aromatic carbocycles. The van der Waals surface area contributed by atoms with Crippen LogP contribution in [0.1, 0.15) is 36.6 Å². The van der Waals surface area contributed by atoms with Crippen molar-refractivity contribution in [3.05, 3.63) is 53.6 Å². The third-order valence-corrected chi connectivity index (χ3v) is 5.71. The zero-order chi connectivity index (χ0) is 21.8. The maximum atomic E-state index is 13.9. The van der Waals surface area contributed by atoms with E-state index in [1.807, 2.05) is 35.2 Å². The van der Waals surface area contributed by atoms with Gasteiger partial charge in [-0.05, 0) is 18.4 Å². The van der Waals surface area contributed by atoms with Gasteiger partial charge in [0.05, 0.1) is 31.5 Å². The number of hydrogen-bond donors (Lipinski definition) is 0. The Morgan fingerprint density at radius 3 is 2.65 bits per heavy atom. The van der Waals surface area contributed by atoms with E-state index in [4.69, 9.17) is 0 Å². The van der Waals surface area contributed by atoms with E-state index in [1.54, 1.807) is 11.2 Å². The topological polar surface area (TPSA) is 88.0 Å².